The number of halogens is 1. The lowest BCUT2D eigenvalue weighted by molar-refractivity contribution is -0.131. The van der Waals surface area contributed by atoms with Crippen LogP contribution in [0.2, 0.25) is 0 Å². The van der Waals surface area contributed by atoms with E-state index in [4.69, 9.17) is 4.74 Å². The predicted octanol–water partition coefficient (Wildman–Crippen LogP) is 2.35. The van der Waals surface area contributed by atoms with Crippen LogP contribution in [0.4, 0.5) is 4.39 Å². The largest absolute Gasteiger partial charge is 0.373 e. The van der Waals surface area contributed by atoms with Gasteiger partial charge in [-0.25, -0.2) is 4.39 Å². The molecule has 18 heavy (non-hydrogen) atoms. The lowest BCUT2D eigenvalue weighted by Crippen LogP contribution is -2.39. The van der Waals surface area contributed by atoms with Gasteiger partial charge < -0.3 is 9.64 Å². The minimum Gasteiger partial charge on any atom is -0.373 e. The lowest BCUT2D eigenvalue weighted by atomic mass is 10.1. The number of amides is 1. The molecule has 0 atom stereocenters. The highest BCUT2D eigenvalue weighted by Gasteiger charge is 2.20. The Bertz CT molecular complexity index is 397. The van der Waals surface area contributed by atoms with Crippen molar-refractivity contribution in [2.45, 2.75) is 32.5 Å². The van der Waals surface area contributed by atoms with E-state index in [1.807, 2.05) is 4.90 Å². The van der Waals surface area contributed by atoms with Crippen molar-refractivity contribution >= 4 is 5.91 Å². The molecule has 1 saturated heterocycles. The Kier molecular flexibility index (Phi) is 4.31. The average molecular weight is 251 g/mol. The van der Waals surface area contributed by atoms with E-state index in [9.17, 15) is 9.18 Å². The first-order valence-electron chi connectivity index (χ1n) is 6.26. The maximum atomic E-state index is 12.7. The molecule has 3 nitrogen and oxygen atoms in total. The van der Waals surface area contributed by atoms with Gasteiger partial charge in [0.05, 0.1) is 12.7 Å². The molecule has 4 heteroatoms. The van der Waals surface area contributed by atoms with Crippen LogP contribution in [0.1, 0.15) is 25.3 Å². The number of hydrogen-bond acceptors (Lipinski definition) is 2. The van der Waals surface area contributed by atoms with Crippen molar-refractivity contribution in [3.63, 3.8) is 0 Å². The van der Waals surface area contributed by atoms with E-state index in [-0.39, 0.29) is 17.8 Å². The third kappa shape index (κ3) is 3.53. The quantitative estimate of drug-likeness (QED) is 0.825. The molecule has 1 aliphatic rings. The van der Waals surface area contributed by atoms with Gasteiger partial charge in [0, 0.05) is 20.0 Å². The summed E-state index contributed by atoms with van der Waals surface area (Å²) in [5.41, 5.74) is 0.977. The van der Waals surface area contributed by atoms with E-state index in [1.165, 1.54) is 12.1 Å². The van der Waals surface area contributed by atoms with Crippen LogP contribution in [-0.4, -0.2) is 30.0 Å². The SMILES string of the molecule is CC(=O)N1CCC(OCc2ccc(F)cc2)CC1. The lowest BCUT2D eigenvalue weighted by Gasteiger charge is -2.31. The minimum atomic E-state index is -0.228. The normalized spacial score (nSPS) is 16.9. The van der Waals surface area contributed by atoms with E-state index < -0.39 is 0 Å². The molecule has 1 heterocycles. The predicted molar refractivity (Wildman–Crippen MR) is 66.5 cm³/mol. The molecule has 0 aliphatic carbocycles. The van der Waals surface area contributed by atoms with Crippen LogP contribution in [0.25, 0.3) is 0 Å². The third-order valence-electron chi connectivity index (χ3n) is 3.29. The molecule has 0 spiro atoms. The van der Waals surface area contributed by atoms with Gasteiger partial charge in [-0.2, -0.15) is 0 Å². The zero-order chi connectivity index (χ0) is 13.0. The van der Waals surface area contributed by atoms with Crippen molar-refractivity contribution in [2.24, 2.45) is 0 Å². The summed E-state index contributed by atoms with van der Waals surface area (Å²) < 4.78 is 18.5. The topological polar surface area (TPSA) is 29.5 Å². The summed E-state index contributed by atoms with van der Waals surface area (Å²) in [6.45, 7) is 3.64. The van der Waals surface area contributed by atoms with Crippen LogP contribution in [0.3, 0.4) is 0 Å². The van der Waals surface area contributed by atoms with E-state index in [0.717, 1.165) is 31.5 Å². The first-order chi connectivity index (χ1) is 8.65. The Morgan fingerprint density at radius 3 is 2.50 bits per heavy atom. The highest BCUT2D eigenvalue weighted by Crippen LogP contribution is 2.15. The minimum absolute atomic E-state index is 0.131. The molecule has 2 rings (SSSR count). The maximum Gasteiger partial charge on any atom is 0.219 e. The number of likely N-dealkylation sites (tertiary alicyclic amines) is 1. The number of ether oxygens (including phenoxy) is 1. The molecular weight excluding hydrogens is 233 g/mol. The first kappa shape index (κ1) is 13.0. The first-order valence-corrected chi connectivity index (χ1v) is 6.26. The number of carbonyl (C=O) groups is 1. The van der Waals surface area contributed by atoms with E-state index in [2.05, 4.69) is 0 Å². The number of rotatable bonds is 3. The summed E-state index contributed by atoms with van der Waals surface area (Å²) in [4.78, 5) is 13.0. The smallest absolute Gasteiger partial charge is 0.219 e. The van der Waals surface area contributed by atoms with Gasteiger partial charge in [-0.05, 0) is 30.5 Å². The van der Waals surface area contributed by atoms with E-state index in [1.54, 1.807) is 19.1 Å². The summed E-state index contributed by atoms with van der Waals surface area (Å²) >= 11 is 0. The van der Waals surface area contributed by atoms with Gasteiger partial charge in [0.25, 0.3) is 0 Å². The number of hydrogen-bond donors (Lipinski definition) is 0. The second kappa shape index (κ2) is 5.96. The summed E-state index contributed by atoms with van der Waals surface area (Å²) in [6.07, 6.45) is 1.95. The molecule has 0 saturated carbocycles. The standard InChI is InChI=1S/C14H18FNO2/c1-11(17)16-8-6-14(7-9-16)18-10-12-2-4-13(15)5-3-12/h2-5,14H,6-10H2,1H3. The molecule has 0 bridgehead atoms. The molecule has 0 unspecified atom stereocenters. The maximum absolute atomic E-state index is 12.7. The highest BCUT2D eigenvalue weighted by molar-refractivity contribution is 5.73. The third-order valence-corrected chi connectivity index (χ3v) is 3.29. The number of nitrogens with zero attached hydrogens (tertiary/aromatic N) is 1. The second-order valence-corrected chi connectivity index (χ2v) is 4.64. The molecule has 0 N–H and O–H groups in total. The molecule has 1 aromatic rings. The van der Waals surface area contributed by atoms with Crippen LogP contribution in [0.15, 0.2) is 24.3 Å². The molecule has 1 aliphatic heterocycles. The van der Waals surface area contributed by atoms with Gasteiger partial charge in [-0.3, -0.25) is 4.79 Å². The summed E-state index contributed by atoms with van der Waals surface area (Å²) in [7, 11) is 0. The average Bonchev–Trinajstić information content (AvgIpc) is 2.38. The molecule has 1 aromatic carbocycles. The van der Waals surface area contributed by atoms with Gasteiger partial charge in [-0.1, -0.05) is 12.1 Å². The summed E-state index contributed by atoms with van der Waals surface area (Å²) in [5.74, 6) is -0.0968. The molecular formula is C14H18FNO2. The van der Waals surface area contributed by atoms with Crippen molar-refractivity contribution in [1.29, 1.82) is 0 Å². The van der Waals surface area contributed by atoms with Gasteiger partial charge in [-0.15, -0.1) is 0 Å². The van der Waals surface area contributed by atoms with Crippen LogP contribution in [0, 0.1) is 5.82 Å². The van der Waals surface area contributed by atoms with E-state index >= 15 is 0 Å². The van der Waals surface area contributed by atoms with Crippen LogP contribution in [-0.2, 0) is 16.1 Å². The van der Waals surface area contributed by atoms with Crippen molar-refractivity contribution in [3.05, 3.63) is 35.6 Å². The Labute approximate surface area is 107 Å². The van der Waals surface area contributed by atoms with E-state index in [0.29, 0.717) is 6.61 Å². The Morgan fingerprint density at radius 2 is 1.94 bits per heavy atom. The number of piperidine rings is 1. The Balaban J connectivity index is 1.75. The summed E-state index contributed by atoms with van der Waals surface area (Å²) in [6, 6.07) is 6.36. The van der Waals surface area contributed by atoms with Gasteiger partial charge in [0.2, 0.25) is 5.91 Å². The molecule has 1 fully saturated rings. The van der Waals surface area contributed by atoms with Crippen molar-refractivity contribution < 1.29 is 13.9 Å². The van der Waals surface area contributed by atoms with Gasteiger partial charge in [0.15, 0.2) is 0 Å². The Morgan fingerprint density at radius 1 is 1.33 bits per heavy atom. The number of benzene rings is 1. The van der Waals surface area contributed by atoms with Crippen molar-refractivity contribution in [2.75, 3.05) is 13.1 Å². The van der Waals surface area contributed by atoms with Crippen molar-refractivity contribution in [1.82, 2.24) is 4.90 Å². The highest BCUT2D eigenvalue weighted by atomic mass is 19.1. The zero-order valence-electron chi connectivity index (χ0n) is 10.6. The Hall–Kier alpha value is -1.42. The fraction of sp³-hybridized carbons (Fsp3) is 0.500. The molecule has 0 aromatic heterocycles. The van der Waals surface area contributed by atoms with Gasteiger partial charge >= 0.3 is 0 Å². The fourth-order valence-electron chi connectivity index (χ4n) is 2.13. The molecule has 1 amide bonds. The molecule has 98 valence electrons. The van der Waals surface area contributed by atoms with Crippen LogP contribution < -0.4 is 0 Å². The van der Waals surface area contributed by atoms with Gasteiger partial charge in [0.1, 0.15) is 5.82 Å². The zero-order valence-corrected chi connectivity index (χ0v) is 10.6. The fourth-order valence-corrected chi connectivity index (χ4v) is 2.13. The summed E-state index contributed by atoms with van der Waals surface area (Å²) in [5, 5.41) is 0. The van der Waals surface area contributed by atoms with Crippen LogP contribution in [0.5, 0.6) is 0 Å². The second-order valence-electron chi connectivity index (χ2n) is 4.64. The number of carbonyl (C=O) groups excluding carboxylic acids is 1. The van der Waals surface area contributed by atoms with Crippen molar-refractivity contribution in [3.8, 4) is 0 Å². The van der Waals surface area contributed by atoms with Crippen LogP contribution >= 0.6 is 0 Å². The monoisotopic (exact) mass is 251 g/mol. The molecule has 0 radical (unpaired) electrons.